The van der Waals surface area contributed by atoms with Gasteiger partial charge >= 0.3 is 12.2 Å². The number of nitrogen functional groups attached to an aromatic ring is 1. The summed E-state index contributed by atoms with van der Waals surface area (Å²) in [7, 11) is 0. The first-order chi connectivity index (χ1) is 21.9. The number of benzene rings is 2. The van der Waals surface area contributed by atoms with E-state index < -0.39 is 46.2 Å². The van der Waals surface area contributed by atoms with Crippen LogP contribution in [0.3, 0.4) is 0 Å². The van der Waals surface area contributed by atoms with Gasteiger partial charge in [-0.05, 0) is 44.0 Å². The van der Waals surface area contributed by atoms with Crippen LogP contribution in [0.4, 0.5) is 37.2 Å². The van der Waals surface area contributed by atoms with Crippen molar-refractivity contribution >= 4 is 43.1 Å². The third-order valence-corrected chi connectivity index (χ3v) is 10.3. The Balaban J connectivity index is 1.47. The van der Waals surface area contributed by atoms with Gasteiger partial charge < -0.3 is 20.1 Å². The zero-order chi connectivity index (χ0) is 32.5. The molecule has 4 aromatic rings. The molecule has 8 nitrogen and oxygen atoms in total. The van der Waals surface area contributed by atoms with Gasteiger partial charge in [0.1, 0.15) is 41.0 Å². The number of nitrogens with zero attached hydrogens (tertiary/aromatic N) is 5. The first-order valence-electron chi connectivity index (χ1n) is 14.8. The number of nitrogens with two attached hydrogens (primary N) is 1. The lowest BCUT2D eigenvalue weighted by molar-refractivity contribution is -0.137. The number of hydrogen-bond donors (Lipinski definition) is 1. The van der Waals surface area contributed by atoms with Gasteiger partial charge in [-0.1, -0.05) is 6.07 Å². The third kappa shape index (κ3) is 4.89. The van der Waals surface area contributed by atoms with Gasteiger partial charge in [-0.15, -0.1) is 11.3 Å². The highest BCUT2D eigenvalue weighted by molar-refractivity contribution is 7.23. The zero-order valence-corrected chi connectivity index (χ0v) is 25.4. The number of rotatable bonds is 5. The van der Waals surface area contributed by atoms with Crippen LogP contribution in [-0.4, -0.2) is 72.1 Å². The van der Waals surface area contributed by atoms with Crippen LogP contribution in [0, 0.1) is 23.0 Å². The van der Waals surface area contributed by atoms with E-state index in [2.05, 4.69) is 9.97 Å². The molecule has 0 unspecified atom stereocenters. The van der Waals surface area contributed by atoms with E-state index in [1.807, 2.05) is 11.0 Å². The van der Waals surface area contributed by atoms with Crippen molar-refractivity contribution < 1.29 is 35.8 Å². The molecule has 0 radical (unpaired) electrons. The third-order valence-electron chi connectivity index (χ3n) is 9.27. The predicted octanol–water partition coefficient (Wildman–Crippen LogP) is 6.44. The maximum absolute atomic E-state index is 16.9. The van der Waals surface area contributed by atoms with Crippen molar-refractivity contribution in [3.05, 3.63) is 41.0 Å². The van der Waals surface area contributed by atoms with Crippen molar-refractivity contribution in [3.63, 3.8) is 0 Å². The van der Waals surface area contributed by atoms with Crippen LogP contribution in [0.5, 0.6) is 6.01 Å². The Morgan fingerprint density at radius 3 is 2.78 bits per heavy atom. The summed E-state index contributed by atoms with van der Waals surface area (Å²) < 4.78 is 102. The average molecular weight is 663 g/mol. The number of morpholine rings is 1. The van der Waals surface area contributed by atoms with E-state index in [1.54, 1.807) is 11.8 Å². The van der Waals surface area contributed by atoms with Gasteiger partial charge in [0.2, 0.25) is 0 Å². The van der Waals surface area contributed by atoms with Gasteiger partial charge in [-0.3, -0.25) is 4.90 Å². The second kappa shape index (κ2) is 11.1. The van der Waals surface area contributed by atoms with E-state index in [4.69, 9.17) is 15.2 Å². The minimum Gasteiger partial charge on any atom is -0.461 e. The highest BCUT2D eigenvalue weighted by atomic mass is 32.1. The fourth-order valence-electron chi connectivity index (χ4n) is 7.16. The number of anilines is 2. The largest absolute Gasteiger partial charge is 0.461 e. The highest BCUT2D eigenvalue weighted by Gasteiger charge is 2.49. The molecule has 3 fully saturated rings. The van der Waals surface area contributed by atoms with Crippen LogP contribution in [0.2, 0.25) is 0 Å². The summed E-state index contributed by atoms with van der Waals surface area (Å²) in [6.45, 7) is 3.59. The number of nitriles is 1. The summed E-state index contributed by atoms with van der Waals surface area (Å²) in [6, 6.07) is 3.94. The lowest BCUT2D eigenvalue weighted by atomic mass is 9.92. The zero-order valence-electron chi connectivity index (χ0n) is 24.6. The summed E-state index contributed by atoms with van der Waals surface area (Å²) in [4.78, 5) is 12.5. The Morgan fingerprint density at radius 2 is 2.04 bits per heavy atom. The van der Waals surface area contributed by atoms with E-state index in [0.29, 0.717) is 24.3 Å². The summed E-state index contributed by atoms with van der Waals surface area (Å²) >= 11 is 0.693. The minimum atomic E-state index is -5.07. The Morgan fingerprint density at radius 1 is 1.24 bits per heavy atom. The van der Waals surface area contributed by atoms with Gasteiger partial charge in [0.05, 0.1) is 40.6 Å². The SMILES string of the molecule is C[C@@H]1COCCN1c1nc(OC[C@@]23CCCN2C[C@H](F)C3)nc2c(F)c(-c3ccc(F)c4sc(N)c(C#N)c34)c(C(F)(F)F)cc12. The van der Waals surface area contributed by atoms with Gasteiger partial charge in [-0.25, -0.2) is 13.2 Å². The molecule has 2 N–H and O–H groups in total. The molecule has 0 aliphatic carbocycles. The smallest absolute Gasteiger partial charge is 0.417 e. The molecule has 7 rings (SSSR count). The molecule has 46 heavy (non-hydrogen) atoms. The first-order valence-corrected chi connectivity index (χ1v) is 15.6. The van der Waals surface area contributed by atoms with E-state index >= 15 is 4.39 Å². The average Bonchev–Trinajstić information content (AvgIpc) is 3.65. The van der Waals surface area contributed by atoms with Crippen LogP contribution in [0.25, 0.3) is 32.1 Å². The number of ether oxygens (including phenoxy) is 2. The number of fused-ring (bicyclic) bond motifs is 3. The van der Waals surface area contributed by atoms with E-state index in [0.717, 1.165) is 24.6 Å². The normalized spacial score (nSPS) is 23.7. The lowest BCUT2D eigenvalue weighted by Crippen LogP contribution is -2.45. The van der Waals surface area contributed by atoms with Crippen molar-refractivity contribution in [2.75, 3.05) is 50.1 Å². The van der Waals surface area contributed by atoms with Crippen LogP contribution < -0.4 is 15.4 Å². The summed E-state index contributed by atoms with van der Waals surface area (Å²) in [5.41, 5.74) is 2.05. The second-order valence-electron chi connectivity index (χ2n) is 12.1. The van der Waals surface area contributed by atoms with Crippen LogP contribution in [0.15, 0.2) is 18.2 Å². The number of hydrogen-bond acceptors (Lipinski definition) is 9. The van der Waals surface area contributed by atoms with Crippen LogP contribution in [0.1, 0.15) is 37.3 Å². The summed E-state index contributed by atoms with van der Waals surface area (Å²) in [5, 5.41) is 9.24. The number of halogens is 6. The summed E-state index contributed by atoms with van der Waals surface area (Å²) in [5.74, 6) is -2.12. The number of alkyl halides is 4. The van der Waals surface area contributed by atoms with Gasteiger partial charge in [0.25, 0.3) is 0 Å². The minimum absolute atomic E-state index is 0.0183. The molecule has 3 saturated heterocycles. The van der Waals surface area contributed by atoms with Crippen molar-refractivity contribution in [2.45, 2.75) is 50.1 Å². The van der Waals surface area contributed by atoms with Crippen LogP contribution in [-0.2, 0) is 10.9 Å². The first kappa shape index (κ1) is 30.8. The maximum Gasteiger partial charge on any atom is 0.417 e. The fourth-order valence-corrected chi connectivity index (χ4v) is 8.11. The molecule has 0 saturated carbocycles. The number of thiophene rings is 1. The molecule has 0 amide bonds. The van der Waals surface area contributed by atoms with E-state index in [-0.39, 0.29) is 88.8 Å². The molecule has 0 spiro atoms. The topological polar surface area (TPSA) is 101 Å². The molecular formula is C31H28F6N6O2S. The predicted molar refractivity (Wildman–Crippen MR) is 161 cm³/mol. The van der Waals surface area contributed by atoms with E-state index in [9.17, 15) is 27.2 Å². The lowest BCUT2D eigenvalue weighted by Gasteiger charge is -2.35. The molecule has 3 aliphatic heterocycles. The standard InChI is InChI=1S/C31H28F6N6O2S/c1-15-13-44-8-7-43(15)28-18-9-20(31(35,36)37)23(17-3-4-21(33)26-22(17)19(11-38)27(39)46-26)24(34)25(18)40-29(41-28)45-14-30-5-2-6-42(30)12-16(32)10-30/h3-4,9,15-16H,2,5-8,10,12-14,39H2,1H3/t15-,16-,30+/m1/s1. The Labute approximate surface area is 263 Å². The van der Waals surface area contributed by atoms with Crippen molar-refractivity contribution in [1.29, 1.82) is 5.26 Å². The molecule has 0 bridgehead atoms. The molecule has 242 valence electrons. The van der Waals surface area contributed by atoms with Gasteiger partial charge in [-0.2, -0.15) is 28.4 Å². The Bertz CT molecular complexity index is 1910. The molecule has 2 aromatic heterocycles. The maximum atomic E-state index is 16.9. The molecule has 15 heteroatoms. The fraction of sp³-hybridized carbons (Fsp3) is 0.452. The summed E-state index contributed by atoms with van der Waals surface area (Å²) in [6.07, 6.45) is -4.30. The van der Waals surface area contributed by atoms with Gasteiger partial charge in [0, 0.05) is 35.8 Å². The highest BCUT2D eigenvalue weighted by Crippen LogP contribution is 2.48. The van der Waals surface area contributed by atoms with Crippen molar-refractivity contribution in [3.8, 4) is 23.2 Å². The Hall–Kier alpha value is -3.87. The molecule has 2 aromatic carbocycles. The van der Waals surface area contributed by atoms with Gasteiger partial charge in [0.15, 0.2) is 5.82 Å². The quantitative estimate of drug-likeness (QED) is 0.244. The molecule has 3 atom stereocenters. The van der Waals surface area contributed by atoms with Crippen LogP contribution >= 0.6 is 11.3 Å². The molecular weight excluding hydrogens is 634 g/mol. The van der Waals surface area contributed by atoms with Crippen molar-refractivity contribution in [2.24, 2.45) is 0 Å². The number of aromatic nitrogens is 2. The Kier molecular flexibility index (Phi) is 7.45. The molecule has 3 aliphatic rings. The second-order valence-corrected chi connectivity index (χ2v) is 13.1. The monoisotopic (exact) mass is 662 g/mol. The van der Waals surface area contributed by atoms with E-state index in [1.165, 1.54) is 0 Å². The molecule has 5 heterocycles. The van der Waals surface area contributed by atoms with Crippen molar-refractivity contribution in [1.82, 2.24) is 14.9 Å².